The molecule has 1 fully saturated rings. The molecule has 0 saturated heterocycles. The maximum Gasteiger partial charge on any atom is 0.115 e. The smallest absolute Gasteiger partial charge is 0.115 e. The van der Waals surface area contributed by atoms with Crippen LogP contribution in [0.15, 0.2) is 30.5 Å². The molecule has 1 saturated carbocycles. The third kappa shape index (κ3) is 2.50. The first-order chi connectivity index (χ1) is 9.24. The van der Waals surface area contributed by atoms with Crippen LogP contribution in [0.3, 0.4) is 0 Å². The zero-order chi connectivity index (χ0) is 13.2. The maximum absolute atomic E-state index is 9.39. The van der Waals surface area contributed by atoms with Gasteiger partial charge in [0.05, 0.1) is 6.20 Å². The highest BCUT2D eigenvalue weighted by Gasteiger charge is 2.19. The summed E-state index contributed by atoms with van der Waals surface area (Å²) in [5, 5.41) is 13.8. The summed E-state index contributed by atoms with van der Waals surface area (Å²) in [5.41, 5.74) is 3.66. The minimum atomic E-state index is 0.310. The van der Waals surface area contributed by atoms with Crippen LogP contribution in [0.2, 0.25) is 0 Å². The Morgan fingerprint density at radius 3 is 2.58 bits per heavy atom. The quantitative estimate of drug-likeness (QED) is 0.912. The second-order valence-corrected chi connectivity index (χ2v) is 5.53. The first-order valence-electron chi connectivity index (χ1n) is 7.04. The molecule has 0 aliphatic heterocycles. The molecule has 0 unspecified atom stereocenters. The summed E-state index contributed by atoms with van der Waals surface area (Å²) in [6, 6.07) is 7.40. The normalized spacial score (nSPS) is 16.1. The van der Waals surface area contributed by atoms with Crippen molar-refractivity contribution in [2.45, 2.75) is 32.1 Å². The topological polar surface area (TPSA) is 38.0 Å². The van der Waals surface area contributed by atoms with Crippen molar-refractivity contribution in [2.24, 2.45) is 13.0 Å². The second-order valence-electron chi connectivity index (χ2n) is 5.53. The molecule has 1 aliphatic rings. The van der Waals surface area contributed by atoms with E-state index < -0.39 is 0 Å². The molecule has 3 nitrogen and oxygen atoms in total. The Labute approximate surface area is 113 Å². The third-order valence-corrected chi connectivity index (χ3v) is 4.20. The summed E-state index contributed by atoms with van der Waals surface area (Å²) in [5.74, 6) is 1.12. The molecule has 1 heterocycles. The minimum Gasteiger partial charge on any atom is -0.508 e. The summed E-state index contributed by atoms with van der Waals surface area (Å²) in [7, 11) is 2.02. The molecular weight excluding hydrogens is 236 g/mol. The van der Waals surface area contributed by atoms with Gasteiger partial charge in [0.2, 0.25) is 0 Å². The average Bonchev–Trinajstić information content (AvgIpc) is 3.03. The van der Waals surface area contributed by atoms with Crippen LogP contribution >= 0.6 is 0 Å². The number of phenols is 1. The van der Waals surface area contributed by atoms with Crippen molar-refractivity contribution in [3.63, 3.8) is 0 Å². The monoisotopic (exact) mass is 256 g/mol. The van der Waals surface area contributed by atoms with Crippen LogP contribution in [0.1, 0.15) is 31.4 Å². The number of aromatic nitrogens is 2. The van der Waals surface area contributed by atoms with Gasteiger partial charge in [0, 0.05) is 18.3 Å². The SMILES string of the molecule is Cn1ncc(-c2ccc(O)cc2)c1CC1CCCC1. The van der Waals surface area contributed by atoms with E-state index in [1.807, 2.05) is 30.1 Å². The number of benzene rings is 1. The zero-order valence-corrected chi connectivity index (χ0v) is 11.3. The van der Waals surface area contributed by atoms with Gasteiger partial charge < -0.3 is 5.11 Å². The molecule has 19 heavy (non-hydrogen) atoms. The molecule has 0 atom stereocenters. The van der Waals surface area contributed by atoms with Gasteiger partial charge in [-0.1, -0.05) is 37.8 Å². The van der Waals surface area contributed by atoms with Crippen molar-refractivity contribution >= 4 is 0 Å². The van der Waals surface area contributed by atoms with E-state index >= 15 is 0 Å². The van der Waals surface area contributed by atoms with E-state index in [9.17, 15) is 5.11 Å². The van der Waals surface area contributed by atoms with Gasteiger partial charge in [0.1, 0.15) is 5.75 Å². The fourth-order valence-electron chi connectivity index (χ4n) is 3.07. The zero-order valence-electron chi connectivity index (χ0n) is 11.3. The van der Waals surface area contributed by atoms with Crippen LogP contribution in [0, 0.1) is 5.92 Å². The Bertz CT molecular complexity index is 551. The minimum absolute atomic E-state index is 0.310. The van der Waals surface area contributed by atoms with E-state index in [1.54, 1.807) is 12.1 Å². The molecule has 0 amide bonds. The van der Waals surface area contributed by atoms with E-state index in [1.165, 1.54) is 36.9 Å². The molecule has 1 aliphatic carbocycles. The predicted octanol–water partition coefficient (Wildman–Crippen LogP) is 3.53. The lowest BCUT2D eigenvalue weighted by atomic mass is 9.97. The summed E-state index contributed by atoms with van der Waals surface area (Å²) >= 11 is 0. The third-order valence-electron chi connectivity index (χ3n) is 4.20. The lowest BCUT2D eigenvalue weighted by Crippen LogP contribution is -2.06. The number of rotatable bonds is 3. The summed E-state index contributed by atoms with van der Waals surface area (Å²) in [4.78, 5) is 0. The summed E-state index contributed by atoms with van der Waals surface area (Å²) in [6.45, 7) is 0. The fraction of sp³-hybridized carbons (Fsp3) is 0.438. The van der Waals surface area contributed by atoms with Gasteiger partial charge >= 0.3 is 0 Å². The van der Waals surface area contributed by atoms with Crippen LogP contribution in [0.4, 0.5) is 0 Å². The van der Waals surface area contributed by atoms with Gasteiger partial charge in [-0.2, -0.15) is 5.10 Å². The maximum atomic E-state index is 9.39. The van der Waals surface area contributed by atoms with Crippen molar-refractivity contribution < 1.29 is 5.11 Å². The highest BCUT2D eigenvalue weighted by Crippen LogP contribution is 2.32. The van der Waals surface area contributed by atoms with E-state index in [0.29, 0.717) is 5.75 Å². The number of phenolic OH excluding ortho intramolecular Hbond substituents is 1. The second kappa shape index (κ2) is 5.08. The average molecular weight is 256 g/mol. The van der Waals surface area contributed by atoms with Gasteiger partial charge in [0.15, 0.2) is 0 Å². The van der Waals surface area contributed by atoms with Crippen molar-refractivity contribution in [1.82, 2.24) is 9.78 Å². The number of hydrogen-bond donors (Lipinski definition) is 1. The number of hydrogen-bond acceptors (Lipinski definition) is 2. The van der Waals surface area contributed by atoms with Gasteiger partial charge in [-0.05, 0) is 30.0 Å². The molecule has 3 rings (SSSR count). The van der Waals surface area contributed by atoms with Gasteiger partial charge in [-0.25, -0.2) is 0 Å². The lowest BCUT2D eigenvalue weighted by Gasteiger charge is -2.11. The standard InChI is InChI=1S/C16H20N2O/c1-18-16(10-12-4-2-3-5-12)15(11-17-18)13-6-8-14(19)9-7-13/h6-9,11-12,19H,2-5,10H2,1H3. The molecule has 0 spiro atoms. The summed E-state index contributed by atoms with van der Waals surface area (Å²) in [6.07, 6.45) is 8.50. The highest BCUT2D eigenvalue weighted by molar-refractivity contribution is 5.66. The van der Waals surface area contributed by atoms with Gasteiger partial charge in [-0.3, -0.25) is 4.68 Å². The Morgan fingerprint density at radius 1 is 1.21 bits per heavy atom. The summed E-state index contributed by atoms with van der Waals surface area (Å²) < 4.78 is 2.00. The molecular formula is C16H20N2O. The molecule has 100 valence electrons. The first kappa shape index (κ1) is 12.3. The number of aryl methyl sites for hydroxylation is 1. The van der Waals surface area contributed by atoms with Crippen LogP contribution in [0.5, 0.6) is 5.75 Å². The van der Waals surface area contributed by atoms with Crippen molar-refractivity contribution in [1.29, 1.82) is 0 Å². The van der Waals surface area contributed by atoms with Crippen LogP contribution in [-0.2, 0) is 13.5 Å². The van der Waals surface area contributed by atoms with E-state index in [0.717, 1.165) is 17.9 Å². The highest BCUT2D eigenvalue weighted by atomic mass is 16.3. The molecule has 1 aromatic heterocycles. The Kier molecular flexibility index (Phi) is 3.28. The van der Waals surface area contributed by atoms with Crippen LogP contribution in [-0.4, -0.2) is 14.9 Å². The van der Waals surface area contributed by atoms with E-state index in [-0.39, 0.29) is 0 Å². The first-order valence-corrected chi connectivity index (χ1v) is 7.04. The number of nitrogens with zero attached hydrogens (tertiary/aromatic N) is 2. The molecule has 3 heteroatoms. The number of aromatic hydroxyl groups is 1. The van der Waals surface area contributed by atoms with E-state index in [2.05, 4.69) is 5.10 Å². The van der Waals surface area contributed by atoms with Gasteiger partial charge in [-0.15, -0.1) is 0 Å². The molecule has 1 aromatic carbocycles. The molecule has 0 bridgehead atoms. The van der Waals surface area contributed by atoms with Crippen LogP contribution in [0.25, 0.3) is 11.1 Å². The van der Waals surface area contributed by atoms with Crippen molar-refractivity contribution in [3.8, 4) is 16.9 Å². The van der Waals surface area contributed by atoms with Crippen molar-refractivity contribution in [3.05, 3.63) is 36.2 Å². The predicted molar refractivity (Wildman–Crippen MR) is 76.0 cm³/mol. The Balaban J connectivity index is 1.91. The van der Waals surface area contributed by atoms with Crippen LogP contribution < -0.4 is 0 Å². The Morgan fingerprint density at radius 2 is 1.89 bits per heavy atom. The molecule has 2 aromatic rings. The van der Waals surface area contributed by atoms with Crippen molar-refractivity contribution in [2.75, 3.05) is 0 Å². The van der Waals surface area contributed by atoms with Gasteiger partial charge in [0.25, 0.3) is 0 Å². The Hall–Kier alpha value is -1.77. The molecule has 1 N–H and O–H groups in total. The largest absolute Gasteiger partial charge is 0.508 e. The lowest BCUT2D eigenvalue weighted by molar-refractivity contribution is 0.475. The van der Waals surface area contributed by atoms with E-state index in [4.69, 9.17) is 0 Å². The fourth-order valence-corrected chi connectivity index (χ4v) is 3.07. The molecule has 0 radical (unpaired) electrons.